The van der Waals surface area contributed by atoms with E-state index in [4.69, 9.17) is 15.2 Å². The summed E-state index contributed by atoms with van der Waals surface area (Å²) in [5.41, 5.74) is 4.37. The summed E-state index contributed by atoms with van der Waals surface area (Å²) in [6.45, 7) is 1.15. The van der Waals surface area contributed by atoms with Crippen LogP contribution in [0.4, 0.5) is 24.7 Å². The van der Waals surface area contributed by atoms with Crippen LogP contribution in [0.15, 0.2) is 41.5 Å². The van der Waals surface area contributed by atoms with Gasteiger partial charge < -0.3 is 20.5 Å². The number of amidine groups is 1. The number of hydrogen-bond donors (Lipinski definition) is 2. The van der Waals surface area contributed by atoms with Gasteiger partial charge in [0.05, 0.1) is 7.11 Å². The van der Waals surface area contributed by atoms with Gasteiger partial charge in [0.15, 0.2) is 11.6 Å². The summed E-state index contributed by atoms with van der Waals surface area (Å²) in [6.07, 6.45) is -2.93. The summed E-state index contributed by atoms with van der Waals surface area (Å²) in [7, 11) is 1.49. The number of halogens is 3. The molecule has 1 aliphatic heterocycles. The molecule has 0 aliphatic carbocycles. The first kappa shape index (κ1) is 19.0. The first-order valence-corrected chi connectivity index (χ1v) is 8.15. The number of nitrogens with zero attached hydrogens (tertiary/aromatic N) is 2. The predicted molar refractivity (Wildman–Crippen MR) is 95.2 cm³/mol. The number of alkyl halides is 2. The van der Waals surface area contributed by atoms with Crippen LogP contribution in [-0.4, -0.2) is 37.1 Å². The zero-order valence-corrected chi connectivity index (χ0v) is 14.7. The number of anilines is 2. The average Bonchev–Trinajstić information content (AvgIpc) is 2.63. The van der Waals surface area contributed by atoms with E-state index in [2.05, 4.69) is 15.3 Å². The number of nitrogens with one attached hydrogen (secondary N) is 1. The Bertz CT molecular complexity index is 862. The number of aliphatic imine (C=N–C) groups is 1. The molecule has 3 rings (SSSR count). The van der Waals surface area contributed by atoms with Gasteiger partial charge in [-0.15, -0.1) is 0 Å². The second kappa shape index (κ2) is 7.43. The van der Waals surface area contributed by atoms with E-state index >= 15 is 0 Å². The number of benzene rings is 1. The monoisotopic (exact) mass is 380 g/mol. The van der Waals surface area contributed by atoms with Gasteiger partial charge in [0.1, 0.15) is 29.9 Å². The number of methoxy groups -OCH3 is 1. The van der Waals surface area contributed by atoms with Crippen LogP contribution in [0.3, 0.4) is 0 Å². The quantitative estimate of drug-likeness (QED) is 0.833. The lowest BCUT2D eigenvalue weighted by Crippen LogP contribution is -2.49. The van der Waals surface area contributed by atoms with Crippen molar-refractivity contribution >= 4 is 17.3 Å². The molecule has 2 aromatic rings. The highest BCUT2D eigenvalue weighted by Gasteiger charge is 2.46. The molecule has 27 heavy (non-hydrogen) atoms. The third-order valence-electron chi connectivity index (χ3n) is 4.33. The molecule has 0 fully saturated rings. The van der Waals surface area contributed by atoms with Crippen LogP contribution >= 0.6 is 0 Å². The number of rotatable bonds is 5. The summed E-state index contributed by atoms with van der Waals surface area (Å²) < 4.78 is 51.9. The number of nitrogens with two attached hydrogens (primary N) is 1. The van der Waals surface area contributed by atoms with Gasteiger partial charge in [-0.2, -0.15) is 0 Å². The summed E-state index contributed by atoms with van der Waals surface area (Å²) in [5, 5.41) is 2.99. The fourth-order valence-electron chi connectivity index (χ4n) is 3.04. The average molecular weight is 380 g/mol. The minimum Gasteiger partial charge on any atom is -0.493 e. The van der Waals surface area contributed by atoms with Crippen LogP contribution in [0.2, 0.25) is 0 Å². The van der Waals surface area contributed by atoms with Gasteiger partial charge >= 0.3 is 0 Å². The minimum absolute atomic E-state index is 0.0264. The first-order chi connectivity index (χ1) is 12.8. The van der Waals surface area contributed by atoms with Crippen LogP contribution in [0, 0.1) is 5.82 Å². The second-order valence-electron chi connectivity index (χ2n) is 6.19. The molecular weight excluding hydrogens is 361 g/mol. The van der Waals surface area contributed by atoms with E-state index in [1.165, 1.54) is 32.2 Å². The maximum absolute atomic E-state index is 14.6. The van der Waals surface area contributed by atoms with Crippen molar-refractivity contribution in [3.05, 3.63) is 47.9 Å². The Hall–Kier alpha value is -2.81. The maximum Gasteiger partial charge on any atom is 0.267 e. The maximum atomic E-state index is 14.6. The molecule has 0 amide bonds. The van der Waals surface area contributed by atoms with Crippen LogP contribution in [0.1, 0.15) is 12.5 Å². The van der Waals surface area contributed by atoms with Crippen LogP contribution in [0.25, 0.3) is 0 Å². The van der Waals surface area contributed by atoms with Gasteiger partial charge in [-0.3, -0.25) is 4.99 Å². The second-order valence-corrected chi connectivity index (χ2v) is 6.19. The largest absolute Gasteiger partial charge is 0.493 e. The predicted octanol–water partition coefficient (Wildman–Crippen LogP) is 3.21. The summed E-state index contributed by atoms with van der Waals surface area (Å²) in [6, 6.07) is 7.43. The molecule has 0 saturated heterocycles. The molecule has 2 atom stereocenters. The molecule has 2 heterocycles. The fraction of sp³-hybridized carbons (Fsp3) is 0.333. The summed E-state index contributed by atoms with van der Waals surface area (Å²) >= 11 is 0. The van der Waals surface area contributed by atoms with E-state index in [1.807, 2.05) is 0 Å². The SMILES string of the molecule is COc1cccnc1Nc1ccc(F)c(C2(C)N=C(N)COC2C(F)F)c1. The smallest absolute Gasteiger partial charge is 0.267 e. The van der Waals surface area contributed by atoms with Crippen molar-refractivity contribution < 1.29 is 22.6 Å². The van der Waals surface area contributed by atoms with Crippen molar-refractivity contribution in [2.45, 2.75) is 25.0 Å². The third-order valence-corrected chi connectivity index (χ3v) is 4.33. The Morgan fingerprint density at radius 1 is 1.37 bits per heavy atom. The lowest BCUT2D eigenvalue weighted by atomic mass is 9.85. The Morgan fingerprint density at radius 2 is 2.15 bits per heavy atom. The molecule has 0 saturated carbocycles. The van der Waals surface area contributed by atoms with Gasteiger partial charge in [-0.05, 0) is 37.3 Å². The molecule has 0 bridgehead atoms. The van der Waals surface area contributed by atoms with Crippen LogP contribution in [0.5, 0.6) is 5.75 Å². The fourth-order valence-corrected chi connectivity index (χ4v) is 3.04. The normalized spacial score (nSPS) is 22.4. The van der Waals surface area contributed by atoms with E-state index < -0.39 is 23.9 Å². The summed E-state index contributed by atoms with van der Waals surface area (Å²) in [4.78, 5) is 8.27. The molecule has 1 aliphatic rings. The third kappa shape index (κ3) is 3.68. The number of ether oxygens (including phenoxy) is 2. The highest BCUT2D eigenvalue weighted by molar-refractivity contribution is 5.83. The zero-order valence-electron chi connectivity index (χ0n) is 14.7. The lowest BCUT2D eigenvalue weighted by Gasteiger charge is -2.37. The molecule has 1 aromatic heterocycles. The Kier molecular flexibility index (Phi) is 5.22. The Morgan fingerprint density at radius 3 is 2.85 bits per heavy atom. The van der Waals surface area contributed by atoms with Gasteiger partial charge in [-0.1, -0.05) is 0 Å². The zero-order chi connectivity index (χ0) is 19.6. The minimum atomic E-state index is -2.86. The van der Waals surface area contributed by atoms with E-state index in [9.17, 15) is 13.2 Å². The topological polar surface area (TPSA) is 81.8 Å². The Balaban J connectivity index is 2.03. The number of hydrogen-bond acceptors (Lipinski definition) is 6. The molecule has 0 spiro atoms. The molecule has 0 radical (unpaired) electrons. The van der Waals surface area contributed by atoms with E-state index in [-0.39, 0.29) is 18.0 Å². The van der Waals surface area contributed by atoms with E-state index in [0.29, 0.717) is 17.3 Å². The highest BCUT2D eigenvalue weighted by atomic mass is 19.3. The van der Waals surface area contributed by atoms with Crippen LogP contribution in [-0.2, 0) is 10.3 Å². The number of pyridine rings is 1. The van der Waals surface area contributed by atoms with Crippen molar-refractivity contribution in [2.75, 3.05) is 19.0 Å². The summed E-state index contributed by atoms with van der Waals surface area (Å²) in [5.74, 6) is 0.210. The molecule has 1 aromatic carbocycles. The van der Waals surface area contributed by atoms with E-state index in [0.717, 1.165) is 0 Å². The van der Waals surface area contributed by atoms with Crippen molar-refractivity contribution in [3.8, 4) is 5.75 Å². The molecule has 2 unspecified atom stereocenters. The molecule has 9 heteroatoms. The van der Waals surface area contributed by atoms with Gasteiger partial charge in [0, 0.05) is 17.4 Å². The first-order valence-electron chi connectivity index (χ1n) is 8.15. The van der Waals surface area contributed by atoms with Crippen LogP contribution < -0.4 is 15.8 Å². The number of aromatic nitrogens is 1. The van der Waals surface area contributed by atoms with Crippen molar-refractivity contribution in [1.82, 2.24) is 4.98 Å². The van der Waals surface area contributed by atoms with Crippen molar-refractivity contribution in [2.24, 2.45) is 10.7 Å². The Labute approximate surface area is 154 Å². The molecule has 144 valence electrons. The lowest BCUT2D eigenvalue weighted by molar-refractivity contribution is -0.0883. The van der Waals surface area contributed by atoms with Gasteiger partial charge in [0.25, 0.3) is 6.43 Å². The van der Waals surface area contributed by atoms with Crippen molar-refractivity contribution in [1.29, 1.82) is 0 Å². The van der Waals surface area contributed by atoms with Gasteiger partial charge in [0.2, 0.25) is 0 Å². The van der Waals surface area contributed by atoms with Crippen molar-refractivity contribution in [3.63, 3.8) is 0 Å². The standard InChI is InChI=1S/C18H19F3N4O2/c1-18(15(16(20)21)27-9-14(22)25-18)11-8-10(5-6-12(11)19)24-17-13(26-2)4-3-7-23-17/h3-8,15-16H,9H2,1-2H3,(H2,22,25)(H,23,24). The molecular formula is C18H19F3N4O2. The molecule has 3 N–H and O–H groups in total. The highest BCUT2D eigenvalue weighted by Crippen LogP contribution is 2.39. The molecule has 6 nitrogen and oxygen atoms in total. The van der Waals surface area contributed by atoms with E-state index in [1.54, 1.807) is 18.3 Å². The van der Waals surface area contributed by atoms with Gasteiger partial charge in [-0.25, -0.2) is 18.2 Å².